The van der Waals surface area contributed by atoms with E-state index in [2.05, 4.69) is 90.1 Å². The van der Waals surface area contributed by atoms with Crippen LogP contribution in [0.25, 0.3) is 17.3 Å². The summed E-state index contributed by atoms with van der Waals surface area (Å²) in [6.45, 7) is 17.5. The standard InChI is InChI=1S/C35H47NO/c1-9-14-28-15-18-32(36-24-28)33-26(7)22-31(23-27(33)8)35(12-4,13-5)30-17-16-29(25(6)21-30)19-20-34(37,10-2)11-3/h15-24,37H,9-14H2,1-8H3/b20-19+. The van der Waals surface area contributed by atoms with Crippen molar-refractivity contribution < 1.29 is 5.11 Å². The van der Waals surface area contributed by atoms with Gasteiger partial charge in [-0.15, -0.1) is 0 Å². The molecule has 0 saturated carbocycles. The monoisotopic (exact) mass is 497 g/mol. The quantitative estimate of drug-likeness (QED) is 0.286. The predicted molar refractivity (Wildman–Crippen MR) is 160 cm³/mol. The molecule has 0 saturated heterocycles. The number of hydrogen-bond donors (Lipinski definition) is 1. The number of benzene rings is 2. The third-order valence-electron chi connectivity index (χ3n) is 8.53. The average molecular weight is 498 g/mol. The Balaban J connectivity index is 2.03. The van der Waals surface area contributed by atoms with Crippen LogP contribution in [0.2, 0.25) is 0 Å². The Kier molecular flexibility index (Phi) is 9.53. The van der Waals surface area contributed by atoms with E-state index in [0.29, 0.717) is 0 Å². The van der Waals surface area contributed by atoms with E-state index >= 15 is 0 Å². The molecule has 0 spiro atoms. The van der Waals surface area contributed by atoms with Gasteiger partial charge in [0.2, 0.25) is 0 Å². The number of hydrogen-bond acceptors (Lipinski definition) is 2. The van der Waals surface area contributed by atoms with Crippen LogP contribution in [-0.4, -0.2) is 15.7 Å². The Morgan fingerprint density at radius 2 is 1.38 bits per heavy atom. The molecule has 0 aliphatic heterocycles. The van der Waals surface area contributed by atoms with E-state index in [1.54, 1.807) is 0 Å². The Hall–Kier alpha value is -2.71. The Morgan fingerprint density at radius 1 is 0.757 bits per heavy atom. The van der Waals surface area contributed by atoms with Gasteiger partial charge in [-0.25, -0.2) is 0 Å². The van der Waals surface area contributed by atoms with Gasteiger partial charge < -0.3 is 5.11 Å². The summed E-state index contributed by atoms with van der Waals surface area (Å²) < 4.78 is 0. The average Bonchev–Trinajstić information content (AvgIpc) is 2.90. The fraction of sp³-hybridized carbons (Fsp3) is 0.457. The van der Waals surface area contributed by atoms with Gasteiger partial charge in [-0.2, -0.15) is 0 Å². The molecule has 3 aromatic rings. The van der Waals surface area contributed by atoms with Crippen LogP contribution in [0.3, 0.4) is 0 Å². The molecule has 1 aromatic heterocycles. The van der Waals surface area contributed by atoms with E-state index in [0.717, 1.165) is 44.2 Å². The molecule has 0 bridgehead atoms. The largest absolute Gasteiger partial charge is 0.386 e. The zero-order valence-electron chi connectivity index (χ0n) is 24.4. The molecule has 2 nitrogen and oxygen atoms in total. The highest BCUT2D eigenvalue weighted by atomic mass is 16.3. The summed E-state index contributed by atoms with van der Waals surface area (Å²) >= 11 is 0. The molecule has 3 rings (SSSR count). The highest BCUT2D eigenvalue weighted by Gasteiger charge is 2.32. The lowest BCUT2D eigenvalue weighted by Gasteiger charge is -2.35. The minimum atomic E-state index is -0.732. The smallest absolute Gasteiger partial charge is 0.0825 e. The van der Waals surface area contributed by atoms with Crippen LogP contribution in [0.4, 0.5) is 0 Å². The highest BCUT2D eigenvalue weighted by molar-refractivity contribution is 5.69. The predicted octanol–water partition coefficient (Wildman–Crippen LogP) is 9.30. The van der Waals surface area contributed by atoms with Crippen molar-refractivity contribution in [2.24, 2.45) is 0 Å². The molecule has 0 fully saturated rings. The molecule has 0 atom stereocenters. The second-order valence-electron chi connectivity index (χ2n) is 10.8. The van der Waals surface area contributed by atoms with Gasteiger partial charge in [0.1, 0.15) is 0 Å². The van der Waals surface area contributed by atoms with Gasteiger partial charge in [-0.3, -0.25) is 4.98 Å². The number of aromatic nitrogens is 1. The SMILES string of the molecule is CCCc1ccc(-c2c(C)cc(C(CC)(CC)c3ccc(/C=C/C(O)(CC)CC)c(C)c3)cc2C)nc1. The van der Waals surface area contributed by atoms with Crippen molar-refractivity contribution in [1.29, 1.82) is 0 Å². The topological polar surface area (TPSA) is 33.1 Å². The van der Waals surface area contributed by atoms with Gasteiger partial charge in [-0.05, 0) is 97.9 Å². The number of pyridine rings is 1. The number of rotatable bonds is 11. The van der Waals surface area contributed by atoms with Crippen molar-refractivity contribution in [3.63, 3.8) is 0 Å². The van der Waals surface area contributed by atoms with Gasteiger partial charge in [0.25, 0.3) is 0 Å². The van der Waals surface area contributed by atoms with E-state index < -0.39 is 5.60 Å². The Bertz CT molecular complexity index is 1190. The maximum absolute atomic E-state index is 10.7. The molecule has 0 aliphatic carbocycles. The summed E-state index contributed by atoms with van der Waals surface area (Å²) in [4.78, 5) is 4.82. The number of aliphatic hydroxyl groups is 1. The van der Waals surface area contributed by atoms with Crippen LogP contribution in [0.15, 0.2) is 54.7 Å². The van der Waals surface area contributed by atoms with Gasteiger partial charge in [0, 0.05) is 17.2 Å². The molecular formula is C35H47NO. The lowest BCUT2D eigenvalue weighted by Crippen LogP contribution is -2.26. The normalized spacial score (nSPS) is 12.5. The first-order valence-electron chi connectivity index (χ1n) is 14.3. The minimum absolute atomic E-state index is 0.0486. The molecule has 1 heterocycles. The molecule has 0 amide bonds. The molecule has 2 heteroatoms. The zero-order valence-corrected chi connectivity index (χ0v) is 24.4. The van der Waals surface area contributed by atoms with Gasteiger partial charge in [0.05, 0.1) is 11.3 Å². The lowest BCUT2D eigenvalue weighted by molar-refractivity contribution is 0.0836. The molecule has 2 aromatic carbocycles. The van der Waals surface area contributed by atoms with E-state index in [1.165, 1.54) is 44.5 Å². The van der Waals surface area contributed by atoms with E-state index in [9.17, 15) is 5.11 Å². The number of nitrogens with zero attached hydrogens (tertiary/aromatic N) is 1. The maximum Gasteiger partial charge on any atom is 0.0825 e. The van der Waals surface area contributed by atoms with Crippen LogP contribution < -0.4 is 0 Å². The molecule has 0 aliphatic rings. The summed E-state index contributed by atoms with van der Waals surface area (Å²) in [5.41, 5.74) is 10.6. The summed E-state index contributed by atoms with van der Waals surface area (Å²) in [7, 11) is 0. The summed E-state index contributed by atoms with van der Waals surface area (Å²) in [5, 5.41) is 10.7. The molecular weight excluding hydrogens is 450 g/mol. The molecule has 0 unspecified atom stereocenters. The minimum Gasteiger partial charge on any atom is -0.386 e. The third-order valence-corrected chi connectivity index (χ3v) is 8.53. The van der Waals surface area contributed by atoms with Crippen molar-refractivity contribution >= 4 is 6.08 Å². The first-order chi connectivity index (χ1) is 17.7. The molecule has 37 heavy (non-hydrogen) atoms. The van der Waals surface area contributed by atoms with E-state index in [4.69, 9.17) is 4.98 Å². The van der Waals surface area contributed by atoms with E-state index in [1.807, 2.05) is 26.1 Å². The number of aryl methyl sites for hydroxylation is 4. The second kappa shape index (κ2) is 12.2. The summed E-state index contributed by atoms with van der Waals surface area (Å²) in [6.07, 6.45) is 11.8. The van der Waals surface area contributed by atoms with Crippen molar-refractivity contribution in [2.75, 3.05) is 0 Å². The Morgan fingerprint density at radius 3 is 1.86 bits per heavy atom. The third kappa shape index (κ3) is 6.07. The van der Waals surface area contributed by atoms with E-state index in [-0.39, 0.29) is 5.41 Å². The van der Waals surface area contributed by atoms with Crippen molar-refractivity contribution in [3.05, 3.63) is 93.7 Å². The lowest BCUT2D eigenvalue weighted by atomic mass is 9.69. The molecule has 0 radical (unpaired) electrons. The fourth-order valence-corrected chi connectivity index (χ4v) is 5.78. The van der Waals surface area contributed by atoms with Crippen LogP contribution >= 0.6 is 0 Å². The van der Waals surface area contributed by atoms with Crippen molar-refractivity contribution in [3.8, 4) is 11.3 Å². The summed E-state index contributed by atoms with van der Waals surface area (Å²) in [5.74, 6) is 0. The van der Waals surface area contributed by atoms with Crippen LogP contribution in [0, 0.1) is 20.8 Å². The van der Waals surface area contributed by atoms with Crippen LogP contribution in [-0.2, 0) is 11.8 Å². The maximum atomic E-state index is 10.7. The first-order valence-corrected chi connectivity index (χ1v) is 14.3. The van der Waals surface area contributed by atoms with Crippen molar-refractivity contribution in [2.45, 2.75) is 105 Å². The Labute approximate surface area is 225 Å². The summed E-state index contributed by atoms with van der Waals surface area (Å²) in [6, 6.07) is 16.1. The van der Waals surface area contributed by atoms with Gasteiger partial charge in [0.15, 0.2) is 0 Å². The second-order valence-corrected chi connectivity index (χ2v) is 10.8. The molecule has 198 valence electrons. The molecule has 1 N–H and O–H groups in total. The van der Waals surface area contributed by atoms with Gasteiger partial charge >= 0.3 is 0 Å². The highest BCUT2D eigenvalue weighted by Crippen LogP contribution is 2.42. The van der Waals surface area contributed by atoms with Crippen LogP contribution in [0.1, 0.15) is 106 Å². The first kappa shape index (κ1) is 28.9. The fourth-order valence-electron chi connectivity index (χ4n) is 5.78. The van der Waals surface area contributed by atoms with Crippen molar-refractivity contribution in [1.82, 2.24) is 4.98 Å². The van der Waals surface area contributed by atoms with Crippen LogP contribution in [0.5, 0.6) is 0 Å². The zero-order chi connectivity index (χ0) is 27.2. The van der Waals surface area contributed by atoms with Gasteiger partial charge in [-0.1, -0.05) is 89.6 Å².